The molecule has 38 heavy (non-hydrogen) atoms. The molecule has 1 saturated heterocycles. The predicted octanol–water partition coefficient (Wildman–Crippen LogP) is 7.43. The van der Waals surface area contributed by atoms with Crippen molar-refractivity contribution in [3.05, 3.63) is 0 Å². The minimum absolute atomic E-state index is 0.126. The molecule has 1 rings (SSSR count). The number of amides is 2. The normalized spacial score (nSPS) is 13.5. The number of ether oxygens (including phenoxy) is 2. The average molecular weight is 538 g/mol. The highest BCUT2D eigenvalue weighted by atomic mass is 16.5. The molecule has 1 fully saturated rings. The van der Waals surface area contributed by atoms with Gasteiger partial charge in [-0.15, -0.1) is 0 Å². The zero-order valence-electron chi connectivity index (χ0n) is 24.4. The molecule has 1 aliphatic heterocycles. The molecule has 1 aliphatic rings. The number of carbonyl (C=O) groups excluding carboxylic acids is 4. The Kier molecular flexibility index (Phi) is 20.7. The van der Waals surface area contributed by atoms with Crippen LogP contribution in [-0.2, 0) is 28.7 Å². The molecule has 2 amide bonds. The van der Waals surface area contributed by atoms with Crippen LogP contribution in [0.4, 0.5) is 0 Å². The molecule has 0 saturated carbocycles. The fourth-order valence-corrected chi connectivity index (χ4v) is 4.88. The third kappa shape index (κ3) is 16.8. The van der Waals surface area contributed by atoms with Gasteiger partial charge in [0.2, 0.25) is 11.8 Å². The summed E-state index contributed by atoms with van der Waals surface area (Å²) < 4.78 is 10.8. The molecule has 0 spiro atoms. The summed E-state index contributed by atoms with van der Waals surface area (Å²) >= 11 is 0. The molecule has 220 valence electrons. The lowest BCUT2D eigenvalue weighted by Gasteiger charge is -2.25. The number of hydrogen-bond donors (Lipinski definition) is 0. The molecule has 1 heterocycles. The van der Waals surface area contributed by atoms with E-state index in [4.69, 9.17) is 9.47 Å². The van der Waals surface area contributed by atoms with Crippen LogP contribution in [0.1, 0.15) is 155 Å². The highest BCUT2D eigenvalue weighted by molar-refractivity contribution is 6.02. The molecule has 7 heteroatoms. The van der Waals surface area contributed by atoms with Crippen molar-refractivity contribution < 1.29 is 28.7 Å². The molecular formula is C31H55NO6. The number of likely N-dealkylation sites (tertiary alicyclic amines) is 1. The molecule has 0 N–H and O–H groups in total. The van der Waals surface area contributed by atoms with E-state index in [0.717, 1.165) is 43.4 Å². The van der Waals surface area contributed by atoms with Crippen LogP contribution in [0.15, 0.2) is 0 Å². The van der Waals surface area contributed by atoms with Crippen LogP contribution in [0, 0.1) is 0 Å². The van der Waals surface area contributed by atoms with Crippen LogP contribution in [0.5, 0.6) is 0 Å². The Hall–Kier alpha value is -1.92. The van der Waals surface area contributed by atoms with Crippen LogP contribution in [0.3, 0.4) is 0 Å². The number of nitrogens with zero attached hydrogens (tertiary/aromatic N) is 1. The van der Waals surface area contributed by atoms with Gasteiger partial charge in [0.05, 0.1) is 0 Å². The quantitative estimate of drug-likeness (QED) is 0.0683. The number of hydrogen-bond acceptors (Lipinski definition) is 6. The monoisotopic (exact) mass is 537 g/mol. The summed E-state index contributed by atoms with van der Waals surface area (Å²) in [6, 6.07) is -0.753. The summed E-state index contributed by atoms with van der Waals surface area (Å²) in [7, 11) is 0. The highest BCUT2D eigenvalue weighted by Crippen LogP contribution is 2.18. The first-order valence-corrected chi connectivity index (χ1v) is 15.7. The van der Waals surface area contributed by atoms with Crippen molar-refractivity contribution in [3.63, 3.8) is 0 Å². The molecule has 0 aliphatic carbocycles. The zero-order chi connectivity index (χ0) is 27.8. The van der Waals surface area contributed by atoms with Gasteiger partial charge in [0.25, 0.3) is 0 Å². The Morgan fingerprint density at radius 2 is 0.895 bits per heavy atom. The van der Waals surface area contributed by atoms with Crippen LogP contribution in [-0.4, -0.2) is 47.9 Å². The molecule has 0 unspecified atom stereocenters. The SMILES string of the molecule is CCCCCCCCCCCC(=O)OCC(COC(=O)CCCCCCCCCCC)N1C(=O)CCC1=O. The van der Waals surface area contributed by atoms with Crippen molar-refractivity contribution >= 4 is 23.8 Å². The van der Waals surface area contributed by atoms with E-state index < -0.39 is 6.04 Å². The van der Waals surface area contributed by atoms with E-state index in [9.17, 15) is 19.2 Å². The topological polar surface area (TPSA) is 90.0 Å². The van der Waals surface area contributed by atoms with Crippen molar-refractivity contribution in [1.29, 1.82) is 0 Å². The van der Waals surface area contributed by atoms with E-state index in [1.807, 2.05) is 0 Å². The van der Waals surface area contributed by atoms with Gasteiger partial charge in [-0.25, -0.2) is 0 Å². The Balaban J connectivity index is 2.27. The largest absolute Gasteiger partial charge is 0.463 e. The maximum atomic E-state index is 12.3. The minimum Gasteiger partial charge on any atom is -0.463 e. The summed E-state index contributed by atoms with van der Waals surface area (Å²) in [5, 5.41) is 0. The van der Waals surface area contributed by atoms with Crippen molar-refractivity contribution in [2.45, 2.75) is 161 Å². The first-order valence-electron chi connectivity index (χ1n) is 15.7. The number of esters is 2. The van der Waals surface area contributed by atoms with Gasteiger partial charge in [0.1, 0.15) is 19.3 Å². The number of carbonyl (C=O) groups is 4. The number of rotatable bonds is 25. The van der Waals surface area contributed by atoms with Crippen LogP contribution in [0.2, 0.25) is 0 Å². The lowest BCUT2D eigenvalue weighted by atomic mass is 10.1. The summed E-state index contributed by atoms with van der Waals surface area (Å²) in [4.78, 5) is 50.1. The van der Waals surface area contributed by atoms with Gasteiger partial charge in [-0.05, 0) is 12.8 Å². The second kappa shape index (κ2) is 23.0. The van der Waals surface area contributed by atoms with E-state index in [0.29, 0.717) is 12.8 Å². The lowest BCUT2D eigenvalue weighted by Crippen LogP contribution is -2.45. The van der Waals surface area contributed by atoms with E-state index in [2.05, 4.69) is 13.8 Å². The van der Waals surface area contributed by atoms with E-state index in [-0.39, 0.29) is 49.8 Å². The standard InChI is InChI=1S/C31H55NO6/c1-3-5-7-9-11-13-15-17-19-21-30(35)37-25-27(32-28(33)23-24-29(32)34)26-38-31(36)22-20-18-16-14-12-10-8-6-4-2/h27H,3-26H2,1-2H3. The average Bonchev–Trinajstić information content (AvgIpc) is 3.24. The molecule has 0 radical (unpaired) electrons. The van der Waals surface area contributed by atoms with Gasteiger partial charge in [0, 0.05) is 25.7 Å². The van der Waals surface area contributed by atoms with Crippen molar-refractivity contribution in [1.82, 2.24) is 4.90 Å². The first-order chi connectivity index (χ1) is 18.5. The Bertz CT molecular complexity index is 611. The van der Waals surface area contributed by atoms with Gasteiger partial charge in [-0.1, -0.05) is 117 Å². The smallest absolute Gasteiger partial charge is 0.305 e. The molecule has 0 bridgehead atoms. The summed E-state index contributed by atoms with van der Waals surface area (Å²) in [6.45, 7) is 4.18. The van der Waals surface area contributed by atoms with Crippen LogP contribution in [0.25, 0.3) is 0 Å². The zero-order valence-corrected chi connectivity index (χ0v) is 24.4. The highest BCUT2D eigenvalue weighted by Gasteiger charge is 2.36. The second-order valence-electron chi connectivity index (χ2n) is 10.8. The Labute approximate surface area is 231 Å². The molecule has 0 atom stereocenters. The maximum Gasteiger partial charge on any atom is 0.305 e. The van der Waals surface area contributed by atoms with E-state index in [1.54, 1.807) is 0 Å². The summed E-state index contributed by atoms with van der Waals surface area (Å²) in [5.41, 5.74) is 0. The Morgan fingerprint density at radius 3 is 1.24 bits per heavy atom. The van der Waals surface area contributed by atoms with Crippen molar-refractivity contribution in [3.8, 4) is 0 Å². The Morgan fingerprint density at radius 1 is 0.579 bits per heavy atom. The van der Waals surface area contributed by atoms with E-state index >= 15 is 0 Å². The second-order valence-corrected chi connectivity index (χ2v) is 10.8. The third-order valence-electron chi connectivity index (χ3n) is 7.30. The van der Waals surface area contributed by atoms with Crippen molar-refractivity contribution in [2.75, 3.05) is 13.2 Å². The number of imide groups is 1. The van der Waals surface area contributed by atoms with Gasteiger partial charge in [-0.2, -0.15) is 0 Å². The fraction of sp³-hybridized carbons (Fsp3) is 0.871. The van der Waals surface area contributed by atoms with Crippen LogP contribution < -0.4 is 0 Å². The minimum atomic E-state index is -0.753. The van der Waals surface area contributed by atoms with Gasteiger partial charge < -0.3 is 9.47 Å². The predicted molar refractivity (Wildman–Crippen MR) is 150 cm³/mol. The summed E-state index contributed by atoms with van der Waals surface area (Å²) in [5.74, 6) is -1.27. The van der Waals surface area contributed by atoms with Gasteiger partial charge >= 0.3 is 11.9 Å². The van der Waals surface area contributed by atoms with Crippen molar-refractivity contribution in [2.24, 2.45) is 0 Å². The van der Waals surface area contributed by atoms with Gasteiger partial charge in [-0.3, -0.25) is 24.1 Å². The third-order valence-corrected chi connectivity index (χ3v) is 7.30. The maximum absolute atomic E-state index is 12.3. The number of unbranched alkanes of at least 4 members (excludes halogenated alkanes) is 16. The van der Waals surface area contributed by atoms with E-state index in [1.165, 1.54) is 77.0 Å². The van der Waals surface area contributed by atoms with Gasteiger partial charge in [0.15, 0.2) is 0 Å². The molecule has 0 aromatic rings. The molecule has 7 nitrogen and oxygen atoms in total. The van der Waals surface area contributed by atoms with Crippen LogP contribution >= 0.6 is 0 Å². The fourth-order valence-electron chi connectivity index (χ4n) is 4.88. The summed E-state index contributed by atoms with van der Waals surface area (Å²) in [6.07, 6.45) is 21.9. The molecule has 0 aromatic carbocycles. The first kappa shape index (κ1) is 34.1. The lowest BCUT2D eigenvalue weighted by molar-refractivity contribution is -0.157. The molecular weight excluding hydrogens is 482 g/mol. The molecule has 0 aromatic heterocycles.